The van der Waals surface area contributed by atoms with Gasteiger partial charge in [0.15, 0.2) is 0 Å². The van der Waals surface area contributed by atoms with Gasteiger partial charge in [-0.2, -0.15) is 5.10 Å². The summed E-state index contributed by atoms with van der Waals surface area (Å²) in [6.07, 6.45) is 0.352. The molecular formula is C23H23FN4O3. The third kappa shape index (κ3) is 5.22. The van der Waals surface area contributed by atoms with Gasteiger partial charge in [-0.15, -0.1) is 0 Å². The number of nitrogens with zero attached hydrogens (tertiary/aromatic N) is 2. The third-order valence-electron chi connectivity index (χ3n) is 4.79. The van der Waals surface area contributed by atoms with Gasteiger partial charge in [-0.1, -0.05) is 25.1 Å². The molecule has 0 saturated carbocycles. The average molecular weight is 422 g/mol. The quantitative estimate of drug-likeness (QED) is 0.630. The topological polar surface area (TPSA) is 93.1 Å². The van der Waals surface area contributed by atoms with E-state index in [-0.39, 0.29) is 11.6 Å². The summed E-state index contributed by atoms with van der Waals surface area (Å²) in [6.45, 7) is 5.18. The second-order valence-corrected chi connectivity index (χ2v) is 7.11. The van der Waals surface area contributed by atoms with E-state index in [1.54, 1.807) is 25.1 Å². The molecule has 0 spiro atoms. The van der Waals surface area contributed by atoms with Gasteiger partial charge in [0.1, 0.15) is 11.9 Å². The van der Waals surface area contributed by atoms with Crippen LogP contribution in [0.25, 0.3) is 11.3 Å². The van der Waals surface area contributed by atoms with E-state index in [1.807, 2.05) is 19.1 Å². The normalized spacial score (nSPS) is 11.6. The Morgan fingerprint density at radius 1 is 1.10 bits per heavy atom. The van der Waals surface area contributed by atoms with E-state index in [2.05, 4.69) is 15.7 Å². The highest BCUT2D eigenvalue weighted by Gasteiger charge is 2.19. The van der Waals surface area contributed by atoms with Crippen molar-refractivity contribution < 1.29 is 14.0 Å². The van der Waals surface area contributed by atoms with Gasteiger partial charge >= 0.3 is 0 Å². The number of hydrogen-bond acceptors (Lipinski definition) is 4. The maximum Gasteiger partial charge on any atom is 0.267 e. The van der Waals surface area contributed by atoms with E-state index in [0.717, 1.165) is 10.2 Å². The molecule has 2 amide bonds. The number of aryl methyl sites for hydroxylation is 1. The molecule has 1 aromatic heterocycles. The Morgan fingerprint density at radius 3 is 2.58 bits per heavy atom. The fourth-order valence-corrected chi connectivity index (χ4v) is 2.94. The third-order valence-corrected chi connectivity index (χ3v) is 4.79. The van der Waals surface area contributed by atoms with Crippen molar-refractivity contribution >= 4 is 23.2 Å². The molecule has 1 unspecified atom stereocenters. The van der Waals surface area contributed by atoms with Gasteiger partial charge in [-0.25, -0.2) is 9.07 Å². The molecule has 1 atom stereocenters. The van der Waals surface area contributed by atoms with Crippen LogP contribution in [-0.2, 0) is 9.59 Å². The number of benzene rings is 2. The minimum absolute atomic E-state index is 0.110. The number of carbonyl (C=O) groups excluding carboxylic acids is 2. The second kappa shape index (κ2) is 9.34. The summed E-state index contributed by atoms with van der Waals surface area (Å²) < 4.78 is 14.4. The van der Waals surface area contributed by atoms with Crippen LogP contribution < -0.4 is 16.2 Å². The van der Waals surface area contributed by atoms with Crippen LogP contribution in [0.1, 0.15) is 31.9 Å². The number of amides is 2. The highest BCUT2D eigenvalue weighted by molar-refractivity contribution is 5.93. The Kier molecular flexibility index (Phi) is 6.59. The van der Waals surface area contributed by atoms with Crippen molar-refractivity contribution in [3.05, 3.63) is 76.3 Å². The van der Waals surface area contributed by atoms with Crippen LogP contribution >= 0.6 is 0 Å². The summed E-state index contributed by atoms with van der Waals surface area (Å²) in [5.41, 5.74) is 2.54. The zero-order valence-corrected chi connectivity index (χ0v) is 17.5. The van der Waals surface area contributed by atoms with E-state index < -0.39 is 23.3 Å². The molecule has 0 aliphatic carbocycles. The summed E-state index contributed by atoms with van der Waals surface area (Å²) in [5.74, 6) is -1.09. The van der Waals surface area contributed by atoms with E-state index in [9.17, 15) is 18.8 Å². The molecule has 1 heterocycles. The highest BCUT2D eigenvalue weighted by atomic mass is 19.1. The Morgan fingerprint density at radius 2 is 1.87 bits per heavy atom. The predicted octanol–water partition coefficient (Wildman–Crippen LogP) is 3.91. The van der Waals surface area contributed by atoms with Crippen molar-refractivity contribution in [2.24, 2.45) is 0 Å². The summed E-state index contributed by atoms with van der Waals surface area (Å²) in [4.78, 5) is 36.7. The molecule has 3 aromatic rings. The molecule has 0 bridgehead atoms. The van der Waals surface area contributed by atoms with Crippen molar-refractivity contribution in [3.8, 4) is 11.3 Å². The zero-order chi connectivity index (χ0) is 22.5. The van der Waals surface area contributed by atoms with E-state index in [0.29, 0.717) is 23.4 Å². The number of aromatic nitrogens is 2. The van der Waals surface area contributed by atoms with Gasteiger partial charge in [0.05, 0.1) is 5.69 Å². The molecule has 7 nitrogen and oxygen atoms in total. The van der Waals surface area contributed by atoms with Crippen LogP contribution in [0, 0.1) is 12.7 Å². The van der Waals surface area contributed by atoms with Crippen molar-refractivity contribution in [1.29, 1.82) is 0 Å². The smallest absolute Gasteiger partial charge is 0.267 e. The Balaban J connectivity index is 1.89. The lowest BCUT2D eigenvalue weighted by Gasteiger charge is -2.16. The minimum Gasteiger partial charge on any atom is -0.326 e. The molecule has 8 heteroatoms. The molecule has 0 aliphatic heterocycles. The molecular weight excluding hydrogens is 399 g/mol. The molecule has 2 aromatic carbocycles. The lowest BCUT2D eigenvalue weighted by molar-refractivity contribution is -0.119. The van der Waals surface area contributed by atoms with Crippen molar-refractivity contribution in [2.45, 2.75) is 33.2 Å². The molecule has 0 aliphatic rings. The van der Waals surface area contributed by atoms with Crippen molar-refractivity contribution in [3.63, 3.8) is 0 Å². The second-order valence-electron chi connectivity index (χ2n) is 7.11. The van der Waals surface area contributed by atoms with Crippen LogP contribution in [0.15, 0.2) is 59.4 Å². The number of nitrogens with one attached hydrogen (secondary N) is 2. The Bertz CT molecular complexity index is 1190. The number of carbonyl (C=O) groups is 2. The molecule has 0 fully saturated rings. The maximum absolute atomic E-state index is 13.4. The van der Waals surface area contributed by atoms with Gasteiger partial charge in [-0.05, 0) is 49.7 Å². The number of rotatable bonds is 6. The minimum atomic E-state index is -0.930. The maximum atomic E-state index is 13.4. The Hall–Kier alpha value is -3.81. The fraction of sp³-hybridized carbons (Fsp3) is 0.217. The van der Waals surface area contributed by atoms with Crippen LogP contribution in [-0.4, -0.2) is 21.6 Å². The fourth-order valence-electron chi connectivity index (χ4n) is 2.94. The van der Waals surface area contributed by atoms with Crippen molar-refractivity contribution in [1.82, 2.24) is 9.78 Å². The summed E-state index contributed by atoms with van der Waals surface area (Å²) >= 11 is 0. The molecule has 3 rings (SSSR count). The lowest BCUT2D eigenvalue weighted by Crippen LogP contribution is -2.33. The largest absolute Gasteiger partial charge is 0.326 e. The standard InChI is InChI=1S/C23H23FN4O3/c1-4-21(29)26-20-12-16(9-8-14(20)2)19-10-11-22(30)28(27-19)15(3)23(31)25-18-7-5-6-17(24)13-18/h5-13,15H,4H2,1-3H3,(H,25,31)(H,26,29). The van der Waals surface area contributed by atoms with Crippen LogP contribution in [0.5, 0.6) is 0 Å². The average Bonchev–Trinajstić information content (AvgIpc) is 2.75. The molecule has 0 saturated heterocycles. The van der Waals surface area contributed by atoms with Gasteiger partial charge in [0.25, 0.3) is 5.56 Å². The number of halogens is 1. The molecule has 160 valence electrons. The van der Waals surface area contributed by atoms with Gasteiger partial charge in [0, 0.05) is 29.4 Å². The van der Waals surface area contributed by atoms with E-state index >= 15 is 0 Å². The van der Waals surface area contributed by atoms with Crippen LogP contribution in [0.4, 0.5) is 15.8 Å². The molecule has 2 N–H and O–H groups in total. The number of hydrogen-bond donors (Lipinski definition) is 2. The Labute approximate surface area is 178 Å². The summed E-state index contributed by atoms with van der Waals surface area (Å²) in [7, 11) is 0. The lowest BCUT2D eigenvalue weighted by atomic mass is 10.1. The van der Waals surface area contributed by atoms with E-state index in [4.69, 9.17) is 0 Å². The first-order valence-corrected chi connectivity index (χ1v) is 9.85. The van der Waals surface area contributed by atoms with Gasteiger partial charge in [-0.3, -0.25) is 14.4 Å². The first kappa shape index (κ1) is 21.9. The zero-order valence-electron chi connectivity index (χ0n) is 17.5. The predicted molar refractivity (Wildman–Crippen MR) is 117 cm³/mol. The van der Waals surface area contributed by atoms with Crippen molar-refractivity contribution in [2.75, 3.05) is 10.6 Å². The van der Waals surface area contributed by atoms with Gasteiger partial charge < -0.3 is 10.6 Å². The first-order valence-electron chi connectivity index (χ1n) is 9.85. The van der Waals surface area contributed by atoms with E-state index in [1.165, 1.54) is 31.2 Å². The van der Waals surface area contributed by atoms with Crippen LogP contribution in [0.3, 0.4) is 0 Å². The summed E-state index contributed by atoms with van der Waals surface area (Å²) in [6, 6.07) is 12.9. The SMILES string of the molecule is CCC(=O)Nc1cc(-c2ccc(=O)n(C(C)C(=O)Nc3cccc(F)c3)n2)ccc1C. The number of anilines is 2. The molecule has 31 heavy (non-hydrogen) atoms. The summed E-state index contributed by atoms with van der Waals surface area (Å²) in [5, 5.41) is 9.77. The highest BCUT2D eigenvalue weighted by Crippen LogP contribution is 2.24. The van der Waals surface area contributed by atoms with Crippen LogP contribution in [0.2, 0.25) is 0 Å². The molecule has 0 radical (unpaired) electrons. The monoisotopic (exact) mass is 422 g/mol. The first-order chi connectivity index (χ1) is 14.8. The van der Waals surface area contributed by atoms with Gasteiger partial charge in [0.2, 0.25) is 11.8 Å².